The molecule has 1 unspecified atom stereocenters. The molecule has 2 rings (SSSR count). The van der Waals surface area contributed by atoms with Gasteiger partial charge in [-0.1, -0.05) is 0 Å². The van der Waals surface area contributed by atoms with Crippen LogP contribution in [0.1, 0.15) is 11.6 Å². The fourth-order valence-corrected chi connectivity index (χ4v) is 1.31. The molecule has 1 fully saturated rings. The first kappa shape index (κ1) is 7.71. The van der Waals surface area contributed by atoms with E-state index in [4.69, 9.17) is 4.74 Å². The highest BCUT2D eigenvalue weighted by Gasteiger charge is 2.15. The Morgan fingerprint density at radius 2 is 2.17 bits per heavy atom. The van der Waals surface area contributed by atoms with Crippen molar-refractivity contribution < 1.29 is 4.74 Å². The maximum atomic E-state index is 5.32. The summed E-state index contributed by atoms with van der Waals surface area (Å²) in [5, 5.41) is 4.45. The van der Waals surface area contributed by atoms with Crippen molar-refractivity contribution in [2.24, 2.45) is 0 Å². The van der Waals surface area contributed by atoms with Gasteiger partial charge < -0.3 is 4.74 Å². The van der Waals surface area contributed by atoms with E-state index in [2.05, 4.69) is 10.3 Å². The number of rotatable bonds is 1. The molecule has 0 aliphatic carbocycles. The van der Waals surface area contributed by atoms with Gasteiger partial charge in [0.05, 0.1) is 19.3 Å². The summed E-state index contributed by atoms with van der Waals surface area (Å²) in [5.74, 6) is 0. The van der Waals surface area contributed by atoms with Gasteiger partial charge in [0.25, 0.3) is 0 Å². The first-order valence-electron chi connectivity index (χ1n) is 4.11. The summed E-state index contributed by atoms with van der Waals surface area (Å²) < 4.78 is 5.32. The molecule has 1 aromatic rings. The van der Waals surface area contributed by atoms with Gasteiger partial charge in [-0.3, -0.25) is 4.98 Å². The van der Waals surface area contributed by atoms with Gasteiger partial charge in [-0.25, -0.2) is 5.32 Å². The van der Waals surface area contributed by atoms with E-state index in [1.807, 2.05) is 12.1 Å². The second-order valence-corrected chi connectivity index (χ2v) is 2.78. The Hall–Kier alpha value is -0.930. The van der Waals surface area contributed by atoms with Crippen molar-refractivity contribution >= 4 is 0 Å². The fraction of sp³-hybridized carbons (Fsp3) is 0.444. The topological polar surface area (TPSA) is 36.2 Å². The summed E-state index contributed by atoms with van der Waals surface area (Å²) in [4.78, 5) is 3.96. The molecule has 1 aromatic heterocycles. The predicted molar refractivity (Wildman–Crippen MR) is 44.8 cm³/mol. The normalized spacial score (nSPS) is 23.8. The lowest BCUT2D eigenvalue weighted by Gasteiger charge is -2.21. The zero-order valence-corrected chi connectivity index (χ0v) is 6.81. The van der Waals surface area contributed by atoms with Crippen molar-refractivity contribution in [3.63, 3.8) is 0 Å². The zero-order chi connectivity index (χ0) is 8.23. The largest absolute Gasteiger partial charge is 0.378 e. The van der Waals surface area contributed by atoms with Crippen LogP contribution in [-0.4, -0.2) is 24.7 Å². The summed E-state index contributed by atoms with van der Waals surface area (Å²) >= 11 is 0. The number of morpholine rings is 1. The van der Waals surface area contributed by atoms with Crippen LogP contribution in [0.15, 0.2) is 24.5 Å². The van der Waals surface area contributed by atoms with Gasteiger partial charge in [0.15, 0.2) is 0 Å². The lowest BCUT2D eigenvalue weighted by Crippen LogP contribution is -2.29. The van der Waals surface area contributed by atoms with E-state index in [0.29, 0.717) is 6.61 Å². The molecule has 63 valence electrons. The number of hydrogen-bond donors (Lipinski definition) is 0. The van der Waals surface area contributed by atoms with Crippen molar-refractivity contribution in [3.8, 4) is 0 Å². The molecule has 3 nitrogen and oxygen atoms in total. The van der Waals surface area contributed by atoms with Crippen molar-refractivity contribution in [3.05, 3.63) is 30.1 Å². The summed E-state index contributed by atoms with van der Waals surface area (Å²) in [5.41, 5.74) is 1.20. The maximum Gasteiger partial charge on any atom is 0.0731 e. The van der Waals surface area contributed by atoms with Crippen LogP contribution in [0.2, 0.25) is 0 Å². The monoisotopic (exact) mass is 163 g/mol. The average molecular weight is 163 g/mol. The second kappa shape index (κ2) is 3.65. The Bertz CT molecular complexity index is 232. The predicted octanol–water partition coefficient (Wildman–Crippen LogP) is 0.757. The molecule has 0 amide bonds. The zero-order valence-electron chi connectivity index (χ0n) is 6.81. The lowest BCUT2D eigenvalue weighted by atomic mass is 10.1. The number of hydrogen-bond acceptors (Lipinski definition) is 2. The van der Waals surface area contributed by atoms with E-state index in [9.17, 15) is 0 Å². The Labute approximate surface area is 71.8 Å². The Kier molecular flexibility index (Phi) is 2.34. The average Bonchev–Trinajstić information content (AvgIpc) is 2.21. The van der Waals surface area contributed by atoms with Gasteiger partial charge in [0.1, 0.15) is 0 Å². The van der Waals surface area contributed by atoms with Crippen LogP contribution in [-0.2, 0) is 4.74 Å². The van der Waals surface area contributed by atoms with Crippen molar-refractivity contribution in [1.82, 2.24) is 10.3 Å². The third-order valence-corrected chi connectivity index (χ3v) is 1.95. The Morgan fingerprint density at radius 3 is 2.83 bits per heavy atom. The number of pyridine rings is 1. The molecule has 1 radical (unpaired) electrons. The Balaban J connectivity index is 2.08. The first-order chi connectivity index (χ1) is 5.97. The fourth-order valence-electron chi connectivity index (χ4n) is 1.31. The molecule has 2 heterocycles. The van der Waals surface area contributed by atoms with Crippen LogP contribution < -0.4 is 5.32 Å². The van der Waals surface area contributed by atoms with E-state index >= 15 is 0 Å². The van der Waals surface area contributed by atoms with E-state index in [0.717, 1.165) is 13.2 Å². The molecule has 1 aliphatic rings. The van der Waals surface area contributed by atoms with Crippen molar-refractivity contribution in [2.45, 2.75) is 6.04 Å². The molecule has 0 aromatic carbocycles. The van der Waals surface area contributed by atoms with Crippen LogP contribution in [0.25, 0.3) is 0 Å². The molecule has 1 atom stereocenters. The smallest absolute Gasteiger partial charge is 0.0731 e. The van der Waals surface area contributed by atoms with Gasteiger partial charge in [-0.05, 0) is 17.7 Å². The quantitative estimate of drug-likeness (QED) is 0.612. The van der Waals surface area contributed by atoms with Crippen molar-refractivity contribution in [1.29, 1.82) is 0 Å². The molecule has 0 bridgehead atoms. The highest BCUT2D eigenvalue weighted by Crippen LogP contribution is 2.15. The molecular weight excluding hydrogens is 152 g/mol. The maximum absolute atomic E-state index is 5.32. The second-order valence-electron chi connectivity index (χ2n) is 2.78. The van der Waals surface area contributed by atoms with Gasteiger partial charge in [0.2, 0.25) is 0 Å². The molecule has 1 aliphatic heterocycles. The minimum Gasteiger partial charge on any atom is -0.378 e. The van der Waals surface area contributed by atoms with Crippen LogP contribution in [0.3, 0.4) is 0 Å². The lowest BCUT2D eigenvalue weighted by molar-refractivity contribution is 0.0745. The highest BCUT2D eigenvalue weighted by atomic mass is 16.5. The SMILES string of the molecule is c1cc(C2COCC[N]2)ccn1. The molecule has 1 saturated heterocycles. The number of ether oxygens (including phenoxy) is 1. The first-order valence-corrected chi connectivity index (χ1v) is 4.11. The minimum atomic E-state index is 0.224. The van der Waals surface area contributed by atoms with Crippen LogP contribution in [0.4, 0.5) is 0 Å². The molecule has 12 heavy (non-hydrogen) atoms. The van der Waals surface area contributed by atoms with E-state index in [-0.39, 0.29) is 6.04 Å². The van der Waals surface area contributed by atoms with E-state index in [1.54, 1.807) is 12.4 Å². The third-order valence-electron chi connectivity index (χ3n) is 1.95. The van der Waals surface area contributed by atoms with Gasteiger partial charge >= 0.3 is 0 Å². The summed E-state index contributed by atoms with van der Waals surface area (Å²) in [7, 11) is 0. The van der Waals surface area contributed by atoms with Crippen LogP contribution in [0, 0.1) is 0 Å². The molecule has 0 N–H and O–H groups in total. The van der Waals surface area contributed by atoms with Crippen LogP contribution in [0.5, 0.6) is 0 Å². The molecule has 0 spiro atoms. The van der Waals surface area contributed by atoms with E-state index in [1.165, 1.54) is 5.56 Å². The van der Waals surface area contributed by atoms with Crippen molar-refractivity contribution in [2.75, 3.05) is 19.8 Å². The summed E-state index contributed by atoms with van der Waals surface area (Å²) in [6.07, 6.45) is 3.58. The Morgan fingerprint density at radius 1 is 1.33 bits per heavy atom. The standard InChI is InChI=1S/C9H11N2O/c1-3-10-4-2-8(1)9-7-12-6-5-11-9/h1-4,9H,5-7H2. The van der Waals surface area contributed by atoms with Gasteiger partial charge in [-0.15, -0.1) is 0 Å². The van der Waals surface area contributed by atoms with E-state index < -0.39 is 0 Å². The third kappa shape index (κ3) is 1.62. The molecule has 0 saturated carbocycles. The number of aromatic nitrogens is 1. The molecule has 3 heteroatoms. The summed E-state index contributed by atoms with van der Waals surface area (Å²) in [6.45, 7) is 2.29. The van der Waals surface area contributed by atoms with Gasteiger partial charge in [-0.2, -0.15) is 0 Å². The summed E-state index contributed by atoms with van der Waals surface area (Å²) in [6, 6.07) is 4.20. The minimum absolute atomic E-state index is 0.224. The molecular formula is C9H11N2O. The van der Waals surface area contributed by atoms with Gasteiger partial charge in [0, 0.05) is 18.9 Å². The van der Waals surface area contributed by atoms with Crippen LogP contribution >= 0.6 is 0 Å². The number of nitrogens with zero attached hydrogens (tertiary/aromatic N) is 2. The highest BCUT2D eigenvalue weighted by molar-refractivity contribution is 5.15.